The van der Waals surface area contributed by atoms with Gasteiger partial charge in [0.2, 0.25) is 5.91 Å². The normalized spacial score (nSPS) is 23.0. The molecule has 15 heteroatoms. The van der Waals surface area contributed by atoms with Gasteiger partial charge in [-0.3, -0.25) is 9.59 Å². The molecule has 222 valence electrons. The van der Waals surface area contributed by atoms with Gasteiger partial charge in [0.05, 0.1) is 20.5 Å². The quantitative estimate of drug-likeness (QED) is 0.424. The van der Waals surface area contributed by atoms with Gasteiger partial charge in [-0.2, -0.15) is 26.3 Å². The number of likely N-dealkylation sites (tertiary alicyclic amines) is 1. The molecule has 1 saturated heterocycles. The first kappa shape index (κ1) is 29.6. The van der Waals surface area contributed by atoms with Crippen LogP contribution in [0.25, 0.3) is 0 Å². The first-order chi connectivity index (χ1) is 19.1. The molecule has 2 unspecified atom stereocenters. The van der Waals surface area contributed by atoms with Gasteiger partial charge in [-0.25, -0.2) is 4.39 Å². The van der Waals surface area contributed by atoms with Crippen molar-refractivity contribution in [1.29, 1.82) is 0 Å². The number of amides is 2. The summed E-state index contributed by atoms with van der Waals surface area (Å²) in [5, 5.41) is 5.97. The molecule has 5 rings (SSSR count). The first-order valence-corrected chi connectivity index (χ1v) is 13.8. The van der Waals surface area contributed by atoms with Crippen molar-refractivity contribution in [3.8, 4) is 0 Å². The summed E-state index contributed by atoms with van der Waals surface area (Å²) in [6.45, 7) is -1.14. The molecule has 6 nitrogen and oxygen atoms in total. The molecular weight excluding hydrogens is 603 g/mol. The van der Waals surface area contributed by atoms with E-state index in [9.17, 15) is 40.3 Å². The van der Waals surface area contributed by atoms with Crippen LogP contribution in [0.2, 0.25) is 5.02 Å². The van der Waals surface area contributed by atoms with Crippen LogP contribution in [0.1, 0.15) is 56.1 Å². The Morgan fingerprint density at radius 3 is 2.59 bits per heavy atom. The molecule has 0 bridgehead atoms. The van der Waals surface area contributed by atoms with Gasteiger partial charge in [0.25, 0.3) is 5.91 Å². The minimum atomic E-state index is -4.84. The van der Waals surface area contributed by atoms with E-state index in [1.807, 2.05) is 0 Å². The van der Waals surface area contributed by atoms with E-state index in [-0.39, 0.29) is 34.7 Å². The second-order valence-electron chi connectivity index (χ2n) is 10.4. The van der Waals surface area contributed by atoms with E-state index in [1.54, 1.807) is 0 Å². The van der Waals surface area contributed by atoms with Gasteiger partial charge >= 0.3 is 12.4 Å². The molecule has 1 fully saturated rings. The summed E-state index contributed by atoms with van der Waals surface area (Å²) in [7, 11) is 0. The van der Waals surface area contributed by atoms with Gasteiger partial charge in [-0.1, -0.05) is 22.8 Å². The number of aryl methyl sites for hydroxylation is 1. The van der Waals surface area contributed by atoms with Crippen LogP contribution < -0.4 is 5.32 Å². The largest absolute Gasteiger partial charge is 0.406 e. The number of oxime groups is 1. The molecular formula is C26H23ClF7N3O3S. The predicted molar refractivity (Wildman–Crippen MR) is 136 cm³/mol. The van der Waals surface area contributed by atoms with Gasteiger partial charge in [0, 0.05) is 13.0 Å². The molecule has 0 saturated carbocycles. The molecule has 1 aromatic carbocycles. The highest BCUT2D eigenvalue weighted by Gasteiger charge is 2.59. The average Bonchev–Trinajstić information content (AvgIpc) is 3.58. The van der Waals surface area contributed by atoms with Crippen LogP contribution in [0, 0.1) is 12.7 Å². The molecule has 0 spiro atoms. The summed E-state index contributed by atoms with van der Waals surface area (Å²) < 4.78 is 96.6. The number of thiophene rings is 1. The van der Waals surface area contributed by atoms with Crippen molar-refractivity contribution in [1.82, 2.24) is 10.2 Å². The second-order valence-corrected chi connectivity index (χ2v) is 11.8. The van der Waals surface area contributed by atoms with E-state index in [4.69, 9.17) is 16.4 Å². The Labute approximate surface area is 238 Å². The summed E-state index contributed by atoms with van der Waals surface area (Å²) in [5.41, 5.74) is -1.73. The molecule has 1 N–H and O–H groups in total. The molecule has 1 aliphatic carbocycles. The average molecular weight is 626 g/mol. The van der Waals surface area contributed by atoms with E-state index < -0.39 is 66.0 Å². The molecule has 2 aliphatic heterocycles. The second kappa shape index (κ2) is 10.4. The molecule has 2 atom stereocenters. The zero-order valence-electron chi connectivity index (χ0n) is 21.4. The van der Waals surface area contributed by atoms with Crippen molar-refractivity contribution in [2.45, 2.75) is 62.8 Å². The number of nitrogens with zero attached hydrogens (tertiary/aromatic N) is 2. The molecule has 1 aromatic heterocycles. The highest BCUT2D eigenvalue weighted by molar-refractivity contribution is 7.16. The van der Waals surface area contributed by atoms with Crippen molar-refractivity contribution >= 4 is 40.5 Å². The fourth-order valence-electron chi connectivity index (χ4n) is 5.60. The number of fused-ring (bicyclic) bond motifs is 1. The Hall–Kier alpha value is -2.87. The standard InChI is InChI=1S/C26H23ClF7N3O3S/c1-12-7-13(8-16(27)19(12)28)24(26(32,33)34)9-18(36-40-11-24)20-14-3-2-4-15(14)21(41-20)22(38)35-17-5-6-37(23(17)39)10-25(29,30)31/h7-8,17H,2-6,9-11H2,1H3,(H,35,38). The van der Waals surface area contributed by atoms with Crippen molar-refractivity contribution < 1.29 is 45.2 Å². The third-order valence-electron chi connectivity index (χ3n) is 7.67. The van der Waals surface area contributed by atoms with Gasteiger partial charge in [0.15, 0.2) is 0 Å². The Bertz CT molecular complexity index is 1420. The lowest BCUT2D eigenvalue weighted by Crippen LogP contribution is -2.49. The van der Waals surface area contributed by atoms with Gasteiger partial charge in [-0.15, -0.1) is 11.3 Å². The molecule has 41 heavy (non-hydrogen) atoms. The van der Waals surface area contributed by atoms with Crippen LogP contribution in [0.4, 0.5) is 30.7 Å². The number of nitrogens with one attached hydrogen (secondary N) is 1. The number of carbonyl (C=O) groups is 2. The van der Waals surface area contributed by atoms with E-state index >= 15 is 0 Å². The van der Waals surface area contributed by atoms with E-state index in [2.05, 4.69) is 10.5 Å². The topological polar surface area (TPSA) is 71.0 Å². The fraction of sp³-hybridized carbons (Fsp3) is 0.500. The Kier molecular flexibility index (Phi) is 7.54. The summed E-state index contributed by atoms with van der Waals surface area (Å²) in [5.74, 6) is -2.36. The smallest absolute Gasteiger partial charge is 0.394 e. The third kappa shape index (κ3) is 5.40. The summed E-state index contributed by atoms with van der Waals surface area (Å²) in [6, 6.07) is 0.869. The molecule has 0 radical (unpaired) electrons. The van der Waals surface area contributed by atoms with Gasteiger partial charge < -0.3 is 15.1 Å². The Balaban J connectivity index is 1.44. The van der Waals surface area contributed by atoms with Crippen LogP contribution in [-0.2, 0) is 27.9 Å². The lowest BCUT2D eigenvalue weighted by molar-refractivity contribution is -0.207. The molecule has 3 aliphatic rings. The maximum atomic E-state index is 14.7. The number of benzene rings is 1. The number of halogens is 8. The summed E-state index contributed by atoms with van der Waals surface area (Å²) >= 11 is 6.81. The Morgan fingerprint density at radius 2 is 1.93 bits per heavy atom. The zero-order chi connectivity index (χ0) is 29.9. The number of hydrogen-bond acceptors (Lipinski definition) is 5. The SMILES string of the molecule is Cc1cc(C2(C(F)(F)F)CON=C(c3sc(C(=O)NC4CCN(CC(F)(F)F)C4=O)c4c3CCC4)C2)cc(Cl)c1F. The van der Waals surface area contributed by atoms with Crippen LogP contribution in [0.5, 0.6) is 0 Å². The van der Waals surface area contributed by atoms with Gasteiger partial charge in [0.1, 0.15) is 30.4 Å². The van der Waals surface area contributed by atoms with Crippen LogP contribution in [0.15, 0.2) is 17.3 Å². The molecule has 2 amide bonds. The molecule has 3 heterocycles. The third-order valence-corrected chi connectivity index (χ3v) is 9.27. The lowest BCUT2D eigenvalue weighted by Gasteiger charge is -2.38. The van der Waals surface area contributed by atoms with Crippen molar-refractivity contribution in [2.24, 2.45) is 5.16 Å². The van der Waals surface area contributed by atoms with Crippen molar-refractivity contribution in [3.05, 3.63) is 55.0 Å². The summed E-state index contributed by atoms with van der Waals surface area (Å²) in [4.78, 5) is 31.9. The summed E-state index contributed by atoms with van der Waals surface area (Å²) in [6.07, 6.45) is -8.53. The number of alkyl halides is 6. The minimum absolute atomic E-state index is 0.00459. The van der Waals surface area contributed by atoms with Crippen LogP contribution in [-0.4, -0.2) is 60.5 Å². The van der Waals surface area contributed by atoms with Crippen molar-refractivity contribution in [2.75, 3.05) is 19.7 Å². The van der Waals surface area contributed by atoms with Crippen molar-refractivity contribution in [3.63, 3.8) is 0 Å². The highest BCUT2D eigenvalue weighted by atomic mass is 35.5. The van der Waals surface area contributed by atoms with Crippen LogP contribution in [0.3, 0.4) is 0 Å². The van der Waals surface area contributed by atoms with E-state index in [1.165, 1.54) is 6.92 Å². The zero-order valence-corrected chi connectivity index (χ0v) is 23.0. The lowest BCUT2D eigenvalue weighted by atomic mass is 9.74. The Morgan fingerprint density at radius 1 is 1.22 bits per heavy atom. The van der Waals surface area contributed by atoms with E-state index in [0.717, 1.165) is 23.5 Å². The molecule has 2 aromatic rings. The number of hydrogen-bond donors (Lipinski definition) is 1. The predicted octanol–water partition coefficient (Wildman–Crippen LogP) is 5.86. The number of rotatable bonds is 5. The maximum Gasteiger partial charge on any atom is 0.406 e. The monoisotopic (exact) mass is 625 g/mol. The first-order valence-electron chi connectivity index (χ1n) is 12.6. The minimum Gasteiger partial charge on any atom is -0.394 e. The van der Waals surface area contributed by atoms with Gasteiger partial charge in [-0.05, 0) is 60.9 Å². The highest BCUT2D eigenvalue weighted by Crippen LogP contribution is 2.49. The maximum absolute atomic E-state index is 14.7. The fourth-order valence-corrected chi connectivity index (χ4v) is 7.15. The van der Waals surface area contributed by atoms with Crippen LogP contribution >= 0.6 is 22.9 Å². The number of carbonyl (C=O) groups excluding carboxylic acids is 2. The van der Waals surface area contributed by atoms with E-state index in [0.29, 0.717) is 40.2 Å².